The lowest BCUT2D eigenvalue weighted by Gasteiger charge is -2.19. The zero-order valence-corrected chi connectivity index (χ0v) is 9.31. The average Bonchev–Trinajstić information content (AvgIpc) is 2.85. The number of anilines is 1. The van der Waals surface area contributed by atoms with E-state index in [9.17, 15) is 0 Å². The summed E-state index contributed by atoms with van der Waals surface area (Å²) >= 11 is 5.83. The Morgan fingerprint density at radius 2 is 2.47 bits per heavy atom. The summed E-state index contributed by atoms with van der Waals surface area (Å²) in [6.45, 7) is 2.75. The Bertz CT molecular complexity index is 329. The van der Waals surface area contributed by atoms with E-state index in [0.717, 1.165) is 19.4 Å². The smallest absolute Gasteiger partial charge is 0.318 e. The molecule has 1 aliphatic rings. The maximum absolute atomic E-state index is 9.16. The number of hydrogen-bond acceptors (Lipinski definition) is 5. The molecule has 0 bridgehead atoms. The van der Waals surface area contributed by atoms with E-state index in [1.165, 1.54) is 0 Å². The van der Waals surface area contributed by atoms with Gasteiger partial charge in [0.05, 0.1) is 12.6 Å². The van der Waals surface area contributed by atoms with Crippen LogP contribution in [0.4, 0.5) is 6.01 Å². The molecule has 2 heterocycles. The van der Waals surface area contributed by atoms with Gasteiger partial charge in [0.1, 0.15) is 5.38 Å². The molecule has 0 aromatic carbocycles. The summed E-state index contributed by atoms with van der Waals surface area (Å²) in [6.07, 6.45) is 2.00. The van der Waals surface area contributed by atoms with Gasteiger partial charge in [0.25, 0.3) is 0 Å². The molecule has 0 aliphatic carbocycles. The molecule has 1 fully saturated rings. The summed E-state index contributed by atoms with van der Waals surface area (Å²) in [6, 6.07) is 0.568. The van der Waals surface area contributed by atoms with E-state index in [1.54, 1.807) is 6.92 Å². The molecule has 0 spiro atoms. The molecule has 0 saturated carbocycles. The van der Waals surface area contributed by atoms with Crippen molar-refractivity contribution in [2.45, 2.75) is 31.2 Å². The van der Waals surface area contributed by atoms with Gasteiger partial charge in [-0.1, -0.05) is 5.10 Å². The topological polar surface area (TPSA) is 62.4 Å². The van der Waals surface area contributed by atoms with E-state index >= 15 is 0 Å². The normalized spacial score (nSPS) is 23.4. The summed E-state index contributed by atoms with van der Waals surface area (Å²) in [5.41, 5.74) is 0. The maximum atomic E-state index is 9.16. The highest BCUT2D eigenvalue weighted by Crippen LogP contribution is 2.26. The largest absolute Gasteiger partial charge is 0.406 e. The first-order chi connectivity index (χ1) is 7.22. The lowest BCUT2D eigenvalue weighted by Crippen LogP contribution is -2.32. The number of aliphatic hydroxyl groups excluding tert-OH is 1. The molecule has 1 saturated heterocycles. The Kier molecular flexibility index (Phi) is 3.11. The van der Waals surface area contributed by atoms with Crippen molar-refractivity contribution in [3.05, 3.63) is 5.89 Å². The summed E-state index contributed by atoms with van der Waals surface area (Å²) in [7, 11) is 0. The number of hydrogen-bond donors (Lipinski definition) is 1. The van der Waals surface area contributed by atoms with Gasteiger partial charge in [0.15, 0.2) is 0 Å². The highest BCUT2D eigenvalue weighted by atomic mass is 35.5. The molecule has 1 N–H and O–H groups in total. The summed E-state index contributed by atoms with van der Waals surface area (Å²) < 4.78 is 5.42. The maximum Gasteiger partial charge on any atom is 0.318 e. The first-order valence-electron chi connectivity index (χ1n) is 5.07. The predicted octanol–water partition coefficient (Wildman–Crippen LogP) is 1.33. The van der Waals surface area contributed by atoms with Gasteiger partial charge in [-0.05, 0) is 19.8 Å². The molecule has 0 radical (unpaired) electrons. The molecule has 1 aromatic heterocycles. The van der Waals surface area contributed by atoms with Crippen LogP contribution < -0.4 is 4.90 Å². The van der Waals surface area contributed by atoms with Gasteiger partial charge >= 0.3 is 6.01 Å². The fourth-order valence-electron chi connectivity index (χ4n) is 1.78. The number of aliphatic hydroxyl groups is 1. The van der Waals surface area contributed by atoms with Crippen molar-refractivity contribution in [3.63, 3.8) is 0 Å². The number of aromatic nitrogens is 2. The Labute approximate surface area is 93.0 Å². The number of rotatable bonds is 3. The van der Waals surface area contributed by atoms with Crippen LogP contribution in [-0.4, -0.2) is 34.5 Å². The van der Waals surface area contributed by atoms with Crippen LogP contribution in [0, 0.1) is 0 Å². The minimum Gasteiger partial charge on any atom is -0.406 e. The van der Waals surface area contributed by atoms with Crippen molar-refractivity contribution >= 4 is 17.6 Å². The van der Waals surface area contributed by atoms with E-state index in [0.29, 0.717) is 11.9 Å². The van der Waals surface area contributed by atoms with E-state index < -0.39 is 0 Å². The highest BCUT2D eigenvalue weighted by molar-refractivity contribution is 6.20. The third kappa shape index (κ3) is 2.08. The van der Waals surface area contributed by atoms with Crippen molar-refractivity contribution in [1.82, 2.24) is 10.2 Å². The predicted molar refractivity (Wildman–Crippen MR) is 56.0 cm³/mol. The second kappa shape index (κ2) is 4.37. The Hall–Kier alpha value is -0.810. The standard InChI is InChI=1S/C9H14ClN3O2/c1-6(10)8-11-12-9(15-8)13-4-2-3-7(13)5-14/h6-7,14H,2-5H2,1H3/t6?,7-/m1/s1. The number of nitrogens with zero attached hydrogens (tertiary/aromatic N) is 3. The van der Waals surface area contributed by atoms with Gasteiger partial charge in [-0.3, -0.25) is 0 Å². The first kappa shape index (κ1) is 10.7. The Balaban J connectivity index is 2.14. The van der Waals surface area contributed by atoms with E-state index in [-0.39, 0.29) is 18.0 Å². The lowest BCUT2D eigenvalue weighted by molar-refractivity contribution is 0.262. The molecule has 1 aliphatic heterocycles. The van der Waals surface area contributed by atoms with Crippen LogP contribution >= 0.6 is 11.6 Å². The van der Waals surface area contributed by atoms with Crippen LogP contribution in [-0.2, 0) is 0 Å². The van der Waals surface area contributed by atoms with Crippen LogP contribution in [0.15, 0.2) is 4.42 Å². The summed E-state index contributed by atoms with van der Waals surface area (Å²) in [5.74, 6) is 0.426. The summed E-state index contributed by atoms with van der Waals surface area (Å²) in [5, 5.41) is 16.7. The minimum absolute atomic E-state index is 0.101. The lowest BCUT2D eigenvalue weighted by atomic mass is 10.2. The highest BCUT2D eigenvalue weighted by Gasteiger charge is 2.28. The van der Waals surface area contributed by atoms with Crippen molar-refractivity contribution in [2.75, 3.05) is 18.1 Å². The second-order valence-electron chi connectivity index (χ2n) is 3.71. The quantitative estimate of drug-likeness (QED) is 0.796. The minimum atomic E-state index is -0.276. The molecular formula is C9H14ClN3O2. The fourth-order valence-corrected chi connectivity index (χ4v) is 1.87. The monoisotopic (exact) mass is 231 g/mol. The van der Waals surface area contributed by atoms with Crippen LogP contribution in [0.5, 0.6) is 0 Å². The van der Waals surface area contributed by atoms with E-state index in [1.807, 2.05) is 4.90 Å². The van der Waals surface area contributed by atoms with Crippen LogP contribution in [0.1, 0.15) is 31.0 Å². The molecule has 5 nitrogen and oxygen atoms in total. The van der Waals surface area contributed by atoms with Crippen LogP contribution in [0.2, 0.25) is 0 Å². The van der Waals surface area contributed by atoms with Gasteiger partial charge in [-0.25, -0.2) is 0 Å². The zero-order chi connectivity index (χ0) is 10.8. The van der Waals surface area contributed by atoms with E-state index in [4.69, 9.17) is 21.1 Å². The molecule has 2 atom stereocenters. The first-order valence-corrected chi connectivity index (χ1v) is 5.51. The van der Waals surface area contributed by atoms with Crippen molar-refractivity contribution in [3.8, 4) is 0 Å². The van der Waals surface area contributed by atoms with Gasteiger partial charge in [0, 0.05) is 6.54 Å². The fraction of sp³-hybridized carbons (Fsp3) is 0.778. The molecule has 1 unspecified atom stereocenters. The second-order valence-corrected chi connectivity index (χ2v) is 4.37. The van der Waals surface area contributed by atoms with Crippen LogP contribution in [0.25, 0.3) is 0 Å². The van der Waals surface area contributed by atoms with Crippen LogP contribution in [0.3, 0.4) is 0 Å². The SMILES string of the molecule is CC(Cl)c1nnc(N2CCC[C@@H]2CO)o1. The Morgan fingerprint density at radius 1 is 1.67 bits per heavy atom. The van der Waals surface area contributed by atoms with Crippen molar-refractivity contribution < 1.29 is 9.52 Å². The Morgan fingerprint density at radius 3 is 3.07 bits per heavy atom. The third-order valence-electron chi connectivity index (χ3n) is 2.60. The van der Waals surface area contributed by atoms with Gasteiger partial charge in [-0.2, -0.15) is 0 Å². The molecular weight excluding hydrogens is 218 g/mol. The third-order valence-corrected chi connectivity index (χ3v) is 2.79. The van der Waals surface area contributed by atoms with Gasteiger partial charge in [-0.15, -0.1) is 16.7 Å². The van der Waals surface area contributed by atoms with Gasteiger partial charge in [0.2, 0.25) is 5.89 Å². The van der Waals surface area contributed by atoms with Crippen molar-refractivity contribution in [1.29, 1.82) is 0 Å². The molecule has 15 heavy (non-hydrogen) atoms. The number of halogens is 1. The summed E-state index contributed by atoms with van der Waals surface area (Å²) in [4.78, 5) is 1.94. The zero-order valence-electron chi connectivity index (χ0n) is 8.56. The molecule has 6 heteroatoms. The average molecular weight is 232 g/mol. The van der Waals surface area contributed by atoms with Crippen molar-refractivity contribution in [2.24, 2.45) is 0 Å². The number of alkyl halides is 1. The molecule has 2 rings (SSSR count). The molecule has 1 aromatic rings. The molecule has 84 valence electrons. The van der Waals surface area contributed by atoms with E-state index in [2.05, 4.69) is 10.2 Å². The van der Waals surface area contributed by atoms with Gasteiger partial charge < -0.3 is 14.4 Å². The molecule has 0 amide bonds.